The second-order valence-electron chi connectivity index (χ2n) is 12.3. The molecule has 0 radical (unpaired) electrons. The molecule has 16 N–H and O–H groups in total. The Morgan fingerprint density at radius 1 is 0.880 bits per heavy atom. The Morgan fingerprint density at radius 3 is 2.06 bits per heavy atom. The summed E-state index contributed by atoms with van der Waals surface area (Å²) in [5.74, 6) is -3.73. The van der Waals surface area contributed by atoms with Gasteiger partial charge in [-0.15, -0.1) is 0 Å². The number of amides is 5. The number of rotatable bonds is 14. The van der Waals surface area contributed by atoms with Crippen molar-refractivity contribution in [3.8, 4) is 22.6 Å². The van der Waals surface area contributed by atoms with Crippen LogP contribution in [0.1, 0.15) is 57.1 Å². The van der Waals surface area contributed by atoms with E-state index in [1.54, 1.807) is 24.3 Å². The summed E-state index contributed by atoms with van der Waals surface area (Å²) in [6.07, 6.45) is 1.04. The van der Waals surface area contributed by atoms with Gasteiger partial charge in [0.25, 0.3) is 0 Å². The molecule has 5 amide bonds. The molecule has 0 fully saturated rings. The Balaban J connectivity index is 0.00000867. The Kier molecular flexibility index (Phi) is 16.6. The molecule has 2 aromatic carbocycles. The van der Waals surface area contributed by atoms with Crippen molar-refractivity contribution >= 4 is 29.5 Å². The highest BCUT2D eigenvalue weighted by atomic mass is 16.3. The molecule has 2 aromatic rings. The van der Waals surface area contributed by atoms with Crippen LogP contribution in [0.15, 0.2) is 36.4 Å². The van der Waals surface area contributed by atoms with E-state index < -0.39 is 59.7 Å². The Morgan fingerprint density at radius 2 is 1.48 bits per heavy atom. The zero-order chi connectivity index (χ0) is 36.1. The maximum Gasteiger partial charge on any atom is 0.243 e. The molecule has 0 saturated heterocycles. The number of carbonyl (C=O) groups excluding carboxylic acids is 5. The highest BCUT2D eigenvalue weighted by Crippen LogP contribution is 2.31. The number of benzene rings is 2. The van der Waals surface area contributed by atoms with E-state index in [1.807, 2.05) is 0 Å². The number of carbonyl (C=O) groups is 5. The number of nitrogens with one attached hydrogen (secondary N) is 4. The average molecular weight is 700 g/mol. The van der Waals surface area contributed by atoms with Gasteiger partial charge in [0.2, 0.25) is 29.5 Å². The molecule has 16 heteroatoms. The van der Waals surface area contributed by atoms with E-state index in [9.17, 15) is 34.2 Å². The molecule has 0 spiro atoms. The zero-order valence-electron chi connectivity index (χ0n) is 27.5. The van der Waals surface area contributed by atoms with Crippen molar-refractivity contribution in [1.82, 2.24) is 21.3 Å². The molecular formula is C34H53N9O7. The SMILES string of the molecule is C.NCCC[C@H](N)CNC(=O)[C@H](CCC(N)=O)NC(=O)[C@@H]1Cc2cc(ccc2O)-c2ccc(O)c(c2)C[C@H](N)C(=O)N[C@@H](CCCN)C(=O)N1. The third kappa shape index (κ3) is 12.3. The maximum atomic E-state index is 13.9. The first-order chi connectivity index (χ1) is 23.3. The molecule has 1 heterocycles. The number of fused-ring (bicyclic) bond motifs is 5. The molecule has 5 atom stereocenters. The molecule has 0 unspecified atom stereocenters. The topological polar surface area (TPSA) is 304 Å². The number of nitrogens with two attached hydrogens (primary N) is 5. The normalized spacial score (nSPS) is 18.9. The van der Waals surface area contributed by atoms with Gasteiger partial charge in [-0.3, -0.25) is 24.0 Å². The summed E-state index contributed by atoms with van der Waals surface area (Å²) < 4.78 is 0. The van der Waals surface area contributed by atoms with Gasteiger partial charge in [0.15, 0.2) is 0 Å². The van der Waals surface area contributed by atoms with E-state index in [2.05, 4.69) is 21.3 Å². The van der Waals surface area contributed by atoms with Gasteiger partial charge >= 0.3 is 0 Å². The number of phenolic OH excluding ortho intramolecular Hbond substituents is 2. The second kappa shape index (κ2) is 20.0. The molecule has 1 aliphatic rings. The monoisotopic (exact) mass is 699 g/mol. The lowest BCUT2D eigenvalue weighted by Crippen LogP contribution is -2.58. The van der Waals surface area contributed by atoms with E-state index in [1.165, 1.54) is 12.1 Å². The van der Waals surface area contributed by atoms with Crippen molar-refractivity contribution in [2.24, 2.45) is 28.7 Å². The predicted octanol–water partition coefficient (Wildman–Crippen LogP) is -1.53. The fraction of sp³-hybridized carbons (Fsp3) is 0.500. The van der Waals surface area contributed by atoms with Crippen LogP contribution in [0, 0.1) is 0 Å². The molecule has 3 rings (SSSR count). The van der Waals surface area contributed by atoms with Crippen LogP contribution in [0.25, 0.3) is 11.1 Å². The van der Waals surface area contributed by atoms with Crippen LogP contribution in [0.4, 0.5) is 0 Å². The van der Waals surface area contributed by atoms with Crippen LogP contribution in [-0.2, 0) is 36.8 Å². The van der Waals surface area contributed by atoms with Crippen molar-refractivity contribution in [2.75, 3.05) is 19.6 Å². The summed E-state index contributed by atoms with van der Waals surface area (Å²) in [5, 5.41) is 31.9. The van der Waals surface area contributed by atoms with Gasteiger partial charge in [-0.2, -0.15) is 0 Å². The van der Waals surface area contributed by atoms with E-state index in [-0.39, 0.29) is 69.7 Å². The third-order valence-electron chi connectivity index (χ3n) is 8.29. The lowest BCUT2D eigenvalue weighted by Gasteiger charge is -2.26. The first-order valence-electron chi connectivity index (χ1n) is 16.4. The minimum atomic E-state index is -1.37. The predicted molar refractivity (Wildman–Crippen MR) is 189 cm³/mol. The van der Waals surface area contributed by atoms with Gasteiger partial charge in [-0.25, -0.2) is 0 Å². The minimum absolute atomic E-state index is 0. The largest absolute Gasteiger partial charge is 0.508 e. The quantitative estimate of drug-likeness (QED) is 0.107. The van der Waals surface area contributed by atoms with Crippen LogP contribution in [0.2, 0.25) is 0 Å². The van der Waals surface area contributed by atoms with Crippen LogP contribution in [-0.4, -0.2) is 89.6 Å². The summed E-state index contributed by atoms with van der Waals surface area (Å²) in [6, 6.07) is 4.22. The van der Waals surface area contributed by atoms with Gasteiger partial charge in [-0.05, 0) is 91.7 Å². The fourth-order valence-electron chi connectivity index (χ4n) is 5.42. The van der Waals surface area contributed by atoms with Crippen molar-refractivity contribution in [1.29, 1.82) is 0 Å². The number of hydrogen-bond acceptors (Lipinski definition) is 11. The highest BCUT2D eigenvalue weighted by molar-refractivity contribution is 5.95. The lowest BCUT2D eigenvalue weighted by atomic mass is 9.95. The fourth-order valence-corrected chi connectivity index (χ4v) is 5.42. The Labute approximate surface area is 292 Å². The zero-order valence-corrected chi connectivity index (χ0v) is 27.5. The van der Waals surface area contributed by atoms with Crippen molar-refractivity contribution in [3.05, 3.63) is 47.5 Å². The number of primary amides is 1. The van der Waals surface area contributed by atoms with Crippen LogP contribution >= 0.6 is 0 Å². The molecule has 4 bridgehead atoms. The Bertz CT molecular complexity index is 1490. The molecule has 0 saturated carbocycles. The van der Waals surface area contributed by atoms with E-state index in [0.717, 1.165) is 0 Å². The van der Waals surface area contributed by atoms with Gasteiger partial charge in [0.05, 0.1) is 6.04 Å². The first-order valence-corrected chi connectivity index (χ1v) is 16.4. The van der Waals surface area contributed by atoms with Gasteiger partial charge in [-0.1, -0.05) is 19.6 Å². The van der Waals surface area contributed by atoms with E-state index in [4.69, 9.17) is 28.7 Å². The smallest absolute Gasteiger partial charge is 0.243 e. The summed E-state index contributed by atoms with van der Waals surface area (Å²) >= 11 is 0. The molecule has 276 valence electrons. The molecule has 50 heavy (non-hydrogen) atoms. The summed E-state index contributed by atoms with van der Waals surface area (Å²) in [5.41, 5.74) is 30.7. The van der Waals surface area contributed by atoms with Crippen molar-refractivity contribution < 1.29 is 34.2 Å². The molecule has 0 aromatic heterocycles. The highest BCUT2D eigenvalue weighted by Gasteiger charge is 2.32. The summed E-state index contributed by atoms with van der Waals surface area (Å²) in [6.45, 7) is 0.736. The second-order valence-corrected chi connectivity index (χ2v) is 12.3. The van der Waals surface area contributed by atoms with Crippen LogP contribution < -0.4 is 49.9 Å². The molecular weight excluding hydrogens is 646 g/mol. The van der Waals surface area contributed by atoms with Gasteiger partial charge < -0.3 is 60.1 Å². The summed E-state index contributed by atoms with van der Waals surface area (Å²) in [7, 11) is 0. The van der Waals surface area contributed by atoms with E-state index >= 15 is 0 Å². The Hall–Kier alpha value is -4.77. The van der Waals surface area contributed by atoms with Crippen molar-refractivity contribution in [3.63, 3.8) is 0 Å². The standard InChI is InChI=1S/C33H49N9O7.CH4/c34-11-1-3-22(36)17-39-31(47)25(7-10-29(38)45)41-33(49)26-16-21-14-19(6-9-28(21)44)18-5-8-27(43)20(13-18)15-23(37)30(46)40-24(4-2-12-35)32(48)42-26;/h5-6,8-9,13-14,22-26,43-44H,1-4,7,10-12,15-17,34-37H2,(H2,38,45)(H,39,47)(H,40,46)(H,41,49)(H,42,48);1H4/t22-,23-,24-,25-,26-;/m0./s1. The molecule has 16 nitrogen and oxygen atoms in total. The van der Waals surface area contributed by atoms with Crippen molar-refractivity contribution in [2.45, 2.75) is 89.0 Å². The first kappa shape index (κ1) is 41.4. The van der Waals surface area contributed by atoms with Gasteiger partial charge in [0, 0.05) is 31.8 Å². The van der Waals surface area contributed by atoms with Gasteiger partial charge in [0.1, 0.15) is 29.6 Å². The molecule has 1 aliphatic heterocycles. The van der Waals surface area contributed by atoms with E-state index in [0.29, 0.717) is 42.5 Å². The number of aromatic hydroxyl groups is 2. The number of phenols is 2. The third-order valence-corrected chi connectivity index (χ3v) is 8.29. The summed E-state index contributed by atoms with van der Waals surface area (Å²) in [4.78, 5) is 65.6. The molecule has 0 aliphatic carbocycles. The minimum Gasteiger partial charge on any atom is -0.508 e. The number of hydrogen-bond donors (Lipinski definition) is 11. The lowest BCUT2D eigenvalue weighted by molar-refractivity contribution is -0.134. The van der Waals surface area contributed by atoms with Crippen LogP contribution in [0.3, 0.4) is 0 Å². The van der Waals surface area contributed by atoms with Crippen LogP contribution in [0.5, 0.6) is 11.5 Å². The average Bonchev–Trinajstić information content (AvgIpc) is 3.07. The maximum absolute atomic E-state index is 13.9.